The maximum absolute atomic E-state index is 13.9. The summed E-state index contributed by atoms with van der Waals surface area (Å²) in [6, 6.07) is 15.8. The molecule has 1 amide bonds. The molecule has 5 nitrogen and oxygen atoms in total. The van der Waals surface area contributed by atoms with Crippen LogP contribution in [0.5, 0.6) is 0 Å². The summed E-state index contributed by atoms with van der Waals surface area (Å²) in [5.41, 5.74) is 0.329. The molecule has 0 aliphatic heterocycles. The van der Waals surface area contributed by atoms with Crippen molar-refractivity contribution in [3.05, 3.63) is 65.2 Å². The first-order valence-corrected chi connectivity index (χ1v) is 12.9. The van der Waals surface area contributed by atoms with Gasteiger partial charge in [-0.1, -0.05) is 35.5 Å². The van der Waals surface area contributed by atoms with Gasteiger partial charge in [0, 0.05) is 14.8 Å². The number of nitrogens with zero attached hydrogens (tertiary/aromatic N) is 3. The highest BCUT2D eigenvalue weighted by molar-refractivity contribution is 7.99. The van der Waals surface area contributed by atoms with Crippen LogP contribution in [0.4, 0.5) is 5.69 Å². The van der Waals surface area contributed by atoms with Gasteiger partial charge in [-0.25, -0.2) is 9.67 Å². The minimum absolute atomic E-state index is 0.136. The molecule has 4 fully saturated rings. The second-order valence-corrected chi connectivity index (χ2v) is 11.8. The van der Waals surface area contributed by atoms with Crippen LogP contribution >= 0.6 is 35.0 Å². The van der Waals surface area contributed by atoms with Crippen molar-refractivity contribution in [1.29, 1.82) is 0 Å². The van der Waals surface area contributed by atoms with E-state index in [0.29, 0.717) is 16.9 Å². The van der Waals surface area contributed by atoms with E-state index >= 15 is 0 Å². The minimum Gasteiger partial charge on any atom is -0.325 e. The Bertz CT molecular complexity index is 1200. The molecule has 0 spiro atoms. The number of hydrogen-bond acceptors (Lipinski definition) is 4. The van der Waals surface area contributed by atoms with Crippen molar-refractivity contribution in [2.24, 2.45) is 17.3 Å². The van der Waals surface area contributed by atoms with Crippen molar-refractivity contribution in [2.45, 2.75) is 53.9 Å². The molecule has 33 heavy (non-hydrogen) atoms. The van der Waals surface area contributed by atoms with Gasteiger partial charge in [-0.2, -0.15) is 0 Å². The third kappa shape index (κ3) is 3.86. The molecule has 4 aliphatic carbocycles. The van der Waals surface area contributed by atoms with Gasteiger partial charge in [-0.05, 0) is 98.4 Å². The molecule has 2 aromatic carbocycles. The van der Waals surface area contributed by atoms with E-state index in [4.69, 9.17) is 23.2 Å². The largest absolute Gasteiger partial charge is 0.325 e. The molecule has 1 heterocycles. The van der Waals surface area contributed by atoms with Crippen molar-refractivity contribution in [3.63, 3.8) is 0 Å². The van der Waals surface area contributed by atoms with Gasteiger partial charge in [0.15, 0.2) is 0 Å². The van der Waals surface area contributed by atoms with Crippen LogP contribution in [0.25, 0.3) is 0 Å². The van der Waals surface area contributed by atoms with Crippen molar-refractivity contribution >= 4 is 46.6 Å². The Morgan fingerprint density at radius 1 is 1.03 bits per heavy atom. The molecule has 1 N–H and O–H groups in total. The summed E-state index contributed by atoms with van der Waals surface area (Å²) in [4.78, 5) is 20.2. The Hall–Kier alpha value is -2.02. The molecule has 0 radical (unpaired) electrons. The first-order chi connectivity index (χ1) is 15.9. The summed E-state index contributed by atoms with van der Waals surface area (Å²) in [6.45, 7) is 0. The molecule has 4 bridgehead atoms. The average molecular weight is 499 g/mol. The fraction of sp³-hybridized carbons (Fsp3) is 0.400. The topological polar surface area (TPSA) is 59.8 Å². The van der Waals surface area contributed by atoms with Crippen LogP contribution in [0.15, 0.2) is 64.6 Å². The molecular formula is C25H24Cl2N4OS. The molecule has 4 saturated carbocycles. The summed E-state index contributed by atoms with van der Waals surface area (Å²) in [5, 5.41) is 8.77. The number of benzene rings is 2. The summed E-state index contributed by atoms with van der Waals surface area (Å²) in [7, 11) is 0. The van der Waals surface area contributed by atoms with Gasteiger partial charge >= 0.3 is 0 Å². The van der Waals surface area contributed by atoms with Crippen molar-refractivity contribution in [2.75, 3.05) is 5.32 Å². The molecule has 170 valence electrons. The predicted molar refractivity (Wildman–Crippen MR) is 131 cm³/mol. The van der Waals surface area contributed by atoms with E-state index in [9.17, 15) is 4.79 Å². The number of rotatable bonds is 5. The number of halogens is 2. The molecule has 1 aromatic heterocycles. The molecule has 7 rings (SSSR count). The summed E-state index contributed by atoms with van der Waals surface area (Å²) in [5.74, 6) is 1.22. The Morgan fingerprint density at radius 3 is 2.45 bits per heavy atom. The van der Waals surface area contributed by atoms with Crippen molar-refractivity contribution in [3.8, 4) is 0 Å². The van der Waals surface area contributed by atoms with Gasteiger partial charge in [0.2, 0.25) is 11.2 Å². The van der Waals surface area contributed by atoms with Gasteiger partial charge in [-0.15, -0.1) is 5.10 Å². The number of nitrogens with one attached hydrogen (secondary N) is 1. The molecule has 2 atom stereocenters. The molecule has 0 saturated heterocycles. The Kier molecular flexibility index (Phi) is 5.24. The monoisotopic (exact) mass is 498 g/mol. The van der Waals surface area contributed by atoms with Crippen LogP contribution in [-0.2, 0) is 10.3 Å². The lowest BCUT2D eigenvalue weighted by Gasteiger charge is -2.60. The second kappa shape index (κ2) is 8.03. The van der Waals surface area contributed by atoms with Crippen LogP contribution < -0.4 is 5.32 Å². The number of para-hydroxylation sites is 1. The van der Waals surface area contributed by atoms with E-state index in [1.165, 1.54) is 6.42 Å². The zero-order valence-electron chi connectivity index (χ0n) is 18.0. The first-order valence-electron chi connectivity index (χ1n) is 11.3. The molecular weight excluding hydrogens is 475 g/mol. The number of hydrogen-bond donors (Lipinski definition) is 1. The SMILES string of the molecule is O=C(Nc1ccccc1Sc1ccc(Cl)cc1)C12C[C@H]3C[C@H](C1)CC(n1cnc(Cl)n1)(C3)C2. The Balaban J connectivity index is 1.28. The average Bonchev–Trinajstić information content (AvgIpc) is 3.23. The van der Waals surface area contributed by atoms with E-state index in [2.05, 4.69) is 15.4 Å². The maximum atomic E-state index is 13.9. The van der Waals surface area contributed by atoms with Crippen LogP contribution in [0, 0.1) is 17.3 Å². The van der Waals surface area contributed by atoms with Gasteiger partial charge in [0.05, 0.1) is 16.6 Å². The van der Waals surface area contributed by atoms with Crippen LogP contribution in [0.3, 0.4) is 0 Å². The van der Waals surface area contributed by atoms with E-state index in [-0.39, 0.29) is 22.1 Å². The molecule has 3 aromatic rings. The van der Waals surface area contributed by atoms with Crippen LogP contribution in [0.1, 0.15) is 38.5 Å². The number of aromatic nitrogens is 3. The number of anilines is 1. The lowest BCUT2D eigenvalue weighted by Crippen LogP contribution is -2.60. The normalized spacial score (nSPS) is 29.9. The first kappa shape index (κ1) is 21.5. The lowest BCUT2D eigenvalue weighted by molar-refractivity contribution is -0.150. The van der Waals surface area contributed by atoms with Crippen LogP contribution in [-0.4, -0.2) is 20.7 Å². The number of amides is 1. The van der Waals surface area contributed by atoms with E-state index in [1.807, 2.05) is 53.2 Å². The van der Waals surface area contributed by atoms with Crippen molar-refractivity contribution in [1.82, 2.24) is 14.8 Å². The molecule has 8 heteroatoms. The highest BCUT2D eigenvalue weighted by Crippen LogP contribution is 2.64. The van der Waals surface area contributed by atoms with E-state index in [1.54, 1.807) is 18.1 Å². The number of carbonyl (C=O) groups excluding carboxylic acids is 1. The van der Waals surface area contributed by atoms with E-state index in [0.717, 1.165) is 47.6 Å². The lowest BCUT2D eigenvalue weighted by atomic mass is 9.46. The fourth-order valence-electron chi connectivity index (χ4n) is 6.76. The Labute approximate surface area is 207 Å². The third-order valence-electron chi connectivity index (χ3n) is 7.64. The third-order valence-corrected chi connectivity index (χ3v) is 9.15. The maximum Gasteiger partial charge on any atom is 0.242 e. The highest BCUT2D eigenvalue weighted by atomic mass is 35.5. The molecule has 0 unspecified atom stereocenters. The summed E-state index contributed by atoms with van der Waals surface area (Å²) in [6.07, 6.45) is 7.77. The quantitative estimate of drug-likeness (QED) is 0.426. The zero-order valence-corrected chi connectivity index (χ0v) is 20.3. The minimum atomic E-state index is -0.374. The second-order valence-electron chi connectivity index (χ2n) is 9.93. The van der Waals surface area contributed by atoms with Crippen molar-refractivity contribution < 1.29 is 4.79 Å². The Morgan fingerprint density at radius 2 is 1.76 bits per heavy atom. The predicted octanol–water partition coefficient (Wildman–Crippen LogP) is 6.67. The summed E-state index contributed by atoms with van der Waals surface area (Å²) < 4.78 is 1.96. The van der Waals surface area contributed by atoms with Gasteiger partial charge in [0.1, 0.15) is 6.33 Å². The van der Waals surface area contributed by atoms with Crippen LogP contribution in [0.2, 0.25) is 10.3 Å². The smallest absolute Gasteiger partial charge is 0.242 e. The highest BCUT2D eigenvalue weighted by Gasteiger charge is 2.61. The fourth-order valence-corrected chi connectivity index (χ4v) is 7.92. The number of carbonyl (C=O) groups is 1. The summed E-state index contributed by atoms with van der Waals surface area (Å²) >= 11 is 13.7. The standard InChI is InChI=1S/C25H24Cl2N4OS/c26-18-5-7-19(8-6-18)33-21-4-2-1-3-20(21)29-22(32)24-10-16-9-17(11-24)13-25(12-16,14-24)31-15-28-23(27)30-31/h1-8,15-17H,9-14H2,(H,29,32)/t16-,17-,24?,25?/m1/s1. The zero-order chi connectivity index (χ0) is 22.6. The van der Waals surface area contributed by atoms with Gasteiger partial charge < -0.3 is 5.32 Å². The molecule has 4 aliphatic rings. The van der Waals surface area contributed by atoms with Gasteiger partial charge in [0.25, 0.3) is 0 Å². The van der Waals surface area contributed by atoms with E-state index < -0.39 is 0 Å². The van der Waals surface area contributed by atoms with Gasteiger partial charge in [-0.3, -0.25) is 4.79 Å².